The van der Waals surface area contributed by atoms with Crippen LogP contribution in [0.2, 0.25) is 0 Å². The van der Waals surface area contributed by atoms with Gasteiger partial charge in [-0.15, -0.1) is 0 Å². The van der Waals surface area contributed by atoms with E-state index in [1.165, 1.54) is 0 Å². The Bertz CT molecular complexity index is 1090. The fourth-order valence-electron chi connectivity index (χ4n) is 2.99. The molecule has 0 radical (unpaired) electrons. The lowest BCUT2D eigenvalue weighted by Crippen LogP contribution is -2.10. The molecule has 5 nitrogen and oxygen atoms in total. The Morgan fingerprint density at radius 3 is 2.78 bits per heavy atom. The number of benzene rings is 2. The minimum absolute atomic E-state index is 0.00592. The molecule has 2 N–H and O–H groups in total. The molecular formula is C18H15N3O2. The SMILES string of the molecule is Cc1cc2n[nH]c(=O)n2c2cc(-c3cccc(CO)c3)ccc12. The number of hydrogen-bond acceptors (Lipinski definition) is 3. The summed E-state index contributed by atoms with van der Waals surface area (Å²) in [7, 11) is 0. The summed E-state index contributed by atoms with van der Waals surface area (Å²) < 4.78 is 1.59. The van der Waals surface area contributed by atoms with E-state index in [2.05, 4.69) is 10.2 Å². The third-order valence-electron chi connectivity index (χ3n) is 4.15. The number of nitrogens with zero attached hydrogens (tertiary/aromatic N) is 2. The van der Waals surface area contributed by atoms with E-state index in [0.29, 0.717) is 5.65 Å². The third-order valence-corrected chi connectivity index (χ3v) is 4.15. The molecule has 2 heterocycles. The quantitative estimate of drug-likeness (QED) is 0.598. The molecule has 0 aliphatic rings. The molecule has 4 rings (SSSR count). The molecule has 2 aromatic carbocycles. The van der Waals surface area contributed by atoms with Gasteiger partial charge in [-0.2, -0.15) is 5.10 Å². The van der Waals surface area contributed by atoms with Crippen LogP contribution in [0.5, 0.6) is 0 Å². The highest BCUT2D eigenvalue weighted by Crippen LogP contribution is 2.27. The first-order valence-corrected chi connectivity index (χ1v) is 7.38. The Labute approximate surface area is 131 Å². The highest BCUT2D eigenvalue weighted by molar-refractivity contribution is 5.89. The third kappa shape index (κ3) is 2.13. The number of pyridine rings is 1. The molecule has 0 aliphatic heterocycles. The van der Waals surface area contributed by atoms with Crippen LogP contribution >= 0.6 is 0 Å². The van der Waals surface area contributed by atoms with E-state index in [-0.39, 0.29) is 12.3 Å². The van der Waals surface area contributed by atoms with Crippen LogP contribution in [0, 0.1) is 6.92 Å². The molecule has 0 bridgehead atoms. The fraction of sp³-hybridized carbons (Fsp3) is 0.111. The van der Waals surface area contributed by atoms with Gasteiger partial charge in [0.25, 0.3) is 0 Å². The number of fused-ring (bicyclic) bond motifs is 3. The summed E-state index contributed by atoms with van der Waals surface area (Å²) in [5, 5.41) is 16.9. The number of aliphatic hydroxyl groups excluding tert-OH is 1. The molecular weight excluding hydrogens is 290 g/mol. The fourth-order valence-corrected chi connectivity index (χ4v) is 2.99. The number of aliphatic hydroxyl groups is 1. The molecule has 4 aromatic rings. The first kappa shape index (κ1) is 13.7. The van der Waals surface area contributed by atoms with Gasteiger partial charge in [0.15, 0.2) is 5.65 Å². The van der Waals surface area contributed by atoms with Crippen LogP contribution in [-0.4, -0.2) is 19.7 Å². The number of aromatic nitrogens is 3. The molecule has 23 heavy (non-hydrogen) atoms. The number of hydrogen-bond donors (Lipinski definition) is 2. The van der Waals surface area contributed by atoms with Gasteiger partial charge in [0.2, 0.25) is 0 Å². The summed E-state index contributed by atoms with van der Waals surface area (Å²) in [6.07, 6.45) is 0. The molecule has 0 aliphatic carbocycles. The first-order valence-electron chi connectivity index (χ1n) is 7.38. The molecule has 0 amide bonds. The normalized spacial score (nSPS) is 11.4. The maximum absolute atomic E-state index is 12.1. The van der Waals surface area contributed by atoms with Gasteiger partial charge in [-0.3, -0.25) is 0 Å². The van der Waals surface area contributed by atoms with Gasteiger partial charge < -0.3 is 5.11 Å². The predicted molar refractivity (Wildman–Crippen MR) is 89.4 cm³/mol. The largest absolute Gasteiger partial charge is 0.392 e. The van der Waals surface area contributed by atoms with Crippen molar-refractivity contribution in [3.8, 4) is 11.1 Å². The number of aromatic amines is 1. The molecule has 0 saturated carbocycles. The second-order valence-corrected chi connectivity index (χ2v) is 5.64. The van der Waals surface area contributed by atoms with E-state index in [1.54, 1.807) is 4.40 Å². The molecule has 5 heteroatoms. The zero-order chi connectivity index (χ0) is 16.0. The average Bonchev–Trinajstić information content (AvgIpc) is 2.95. The highest BCUT2D eigenvalue weighted by Gasteiger charge is 2.09. The Kier molecular flexibility index (Phi) is 3.02. The predicted octanol–water partition coefficient (Wildman–Crippen LogP) is 2.64. The minimum Gasteiger partial charge on any atom is -0.392 e. The topological polar surface area (TPSA) is 70.4 Å². The van der Waals surface area contributed by atoms with E-state index in [1.807, 2.05) is 55.5 Å². The molecule has 0 saturated heterocycles. The van der Waals surface area contributed by atoms with Gasteiger partial charge in [0.1, 0.15) is 0 Å². The van der Waals surface area contributed by atoms with Crippen LogP contribution in [0.1, 0.15) is 11.1 Å². The van der Waals surface area contributed by atoms with Crippen LogP contribution < -0.4 is 5.69 Å². The molecule has 0 unspecified atom stereocenters. The van der Waals surface area contributed by atoms with Gasteiger partial charge in [-0.25, -0.2) is 14.3 Å². The zero-order valence-corrected chi connectivity index (χ0v) is 12.6. The van der Waals surface area contributed by atoms with Crippen molar-refractivity contribution in [1.82, 2.24) is 14.6 Å². The van der Waals surface area contributed by atoms with Gasteiger partial charge in [-0.1, -0.05) is 30.3 Å². The first-order chi connectivity index (χ1) is 11.2. The van der Waals surface area contributed by atoms with Crippen molar-refractivity contribution < 1.29 is 5.11 Å². The second kappa shape index (κ2) is 5.07. The van der Waals surface area contributed by atoms with E-state index < -0.39 is 0 Å². The van der Waals surface area contributed by atoms with Crippen LogP contribution in [0.15, 0.2) is 53.3 Å². The Hall–Kier alpha value is -2.92. The zero-order valence-electron chi connectivity index (χ0n) is 12.6. The van der Waals surface area contributed by atoms with E-state index in [4.69, 9.17) is 0 Å². The average molecular weight is 305 g/mol. The summed E-state index contributed by atoms with van der Waals surface area (Å²) in [6.45, 7) is 2.01. The van der Waals surface area contributed by atoms with Crippen molar-refractivity contribution in [3.05, 3.63) is 70.1 Å². The summed E-state index contributed by atoms with van der Waals surface area (Å²) >= 11 is 0. The number of H-pyrrole nitrogens is 1. The van der Waals surface area contributed by atoms with Crippen LogP contribution in [0.25, 0.3) is 27.7 Å². The molecule has 0 spiro atoms. The van der Waals surface area contributed by atoms with Crippen LogP contribution in [0.4, 0.5) is 0 Å². The van der Waals surface area contributed by atoms with Crippen molar-refractivity contribution in [2.24, 2.45) is 0 Å². The number of nitrogens with one attached hydrogen (secondary N) is 1. The smallest absolute Gasteiger partial charge is 0.348 e. The Morgan fingerprint density at radius 2 is 1.96 bits per heavy atom. The Morgan fingerprint density at radius 1 is 1.13 bits per heavy atom. The van der Waals surface area contributed by atoms with Crippen LogP contribution in [0.3, 0.4) is 0 Å². The maximum Gasteiger partial charge on any atom is 0.348 e. The summed E-state index contributed by atoms with van der Waals surface area (Å²) in [5.41, 5.74) is 5.12. The van der Waals surface area contributed by atoms with Gasteiger partial charge in [-0.05, 0) is 47.4 Å². The Balaban J connectivity index is 2.05. The van der Waals surface area contributed by atoms with Crippen molar-refractivity contribution in [2.75, 3.05) is 0 Å². The van der Waals surface area contributed by atoms with E-state index >= 15 is 0 Å². The second-order valence-electron chi connectivity index (χ2n) is 5.64. The van der Waals surface area contributed by atoms with Crippen molar-refractivity contribution in [3.63, 3.8) is 0 Å². The summed E-state index contributed by atoms with van der Waals surface area (Å²) in [4.78, 5) is 12.1. The van der Waals surface area contributed by atoms with Crippen molar-refractivity contribution >= 4 is 16.6 Å². The van der Waals surface area contributed by atoms with Crippen molar-refractivity contribution in [1.29, 1.82) is 0 Å². The van der Waals surface area contributed by atoms with Gasteiger partial charge in [0.05, 0.1) is 12.1 Å². The molecule has 0 fully saturated rings. The van der Waals surface area contributed by atoms with E-state index in [0.717, 1.165) is 33.2 Å². The molecule has 0 atom stereocenters. The monoisotopic (exact) mass is 305 g/mol. The van der Waals surface area contributed by atoms with Gasteiger partial charge >= 0.3 is 5.69 Å². The maximum atomic E-state index is 12.1. The van der Waals surface area contributed by atoms with Crippen molar-refractivity contribution in [2.45, 2.75) is 13.5 Å². The lowest BCUT2D eigenvalue weighted by molar-refractivity contribution is 0.282. The molecule has 2 aromatic heterocycles. The standard InChI is InChI=1S/C18H15N3O2/c1-11-7-17-19-20-18(23)21(17)16-9-14(5-6-15(11)16)13-4-2-3-12(8-13)10-22/h2-9,22H,10H2,1H3,(H,20,23). The number of aryl methyl sites for hydroxylation is 1. The molecule has 114 valence electrons. The lowest BCUT2D eigenvalue weighted by atomic mass is 10.0. The van der Waals surface area contributed by atoms with Crippen LogP contribution in [-0.2, 0) is 6.61 Å². The number of rotatable bonds is 2. The summed E-state index contributed by atoms with van der Waals surface area (Å²) in [5.74, 6) is 0. The summed E-state index contributed by atoms with van der Waals surface area (Å²) in [6, 6.07) is 15.7. The lowest BCUT2D eigenvalue weighted by Gasteiger charge is -2.09. The van der Waals surface area contributed by atoms with Gasteiger partial charge in [0, 0.05) is 5.39 Å². The minimum atomic E-state index is -0.244. The van der Waals surface area contributed by atoms with E-state index in [9.17, 15) is 9.90 Å². The highest BCUT2D eigenvalue weighted by atomic mass is 16.3.